The Balaban J connectivity index is 1.71. The van der Waals surface area contributed by atoms with Gasteiger partial charge in [0.15, 0.2) is 0 Å². The van der Waals surface area contributed by atoms with E-state index in [1.165, 1.54) is 32.2 Å². The Bertz CT molecular complexity index is 590. The molecule has 4 heteroatoms. The number of nitrogens with zero attached hydrogens (tertiary/aromatic N) is 3. The van der Waals surface area contributed by atoms with Gasteiger partial charge in [0.1, 0.15) is 5.82 Å². The van der Waals surface area contributed by atoms with Crippen LogP contribution in [0.5, 0.6) is 0 Å². The van der Waals surface area contributed by atoms with Gasteiger partial charge in [-0.05, 0) is 45.0 Å². The van der Waals surface area contributed by atoms with E-state index in [1.807, 2.05) is 24.4 Å². The van der Waals surface area contributed by atoms with Gasteiger partial charge in [-0.1, -0.05) is 18.6 Å². The maximum Gasteiger partial charge on any atom is 0.139 e. The zero-order chi connectivity index (χ0) is 14.7. The average molecular weight is 284 g/mol. The Labute approximate surface area is 126 Å². The zero-order valence-electron chi connectivity index (χ0n) is 12.7. The molecule has 0 bridgehead atoms. The molecule has 1 atom stereocenters. The predicted molar refractivity (Wildman–Crippen MR) is 87.0 cm³/mol. The Morgan fingerprint density at radius 2 is 2.24 bits per heavy atom. The Morgan fingerprint density at radius 1 is 1.33 bits per heavy atom. The molecule has 1 aliphatic heterocycles. The van der Waals surface area contributed by atoms with E-state index in [0.717, 1.165) is 23.6 Å². The molecule has 1 fully saturated rings. The monoisotopic (exact) mass is 284 g/mol. The van der Waals surface area contributed by atoms with Crippen molar-refractivity contribution in [2.45, 2.75) is 38.3 Å². The lowest BCUT2D eigenvalue weighted by Gasteiger charge is -2.32. The number of aromatic nitrogens is 2. The summed E-state index contributed by atoms with van der Waals surface area (Å²) in [4.78, 5) is 7.00. The Morgan fingerprint density at radius 3 is 3.05 bits per heavy atom. The van der Waals surface area contributed by atoms with Crippen molar-refractivity contribution in [1.29, 1.82) is 0 Å². The van der Waals surface area contributed by atoms with E-state index in [4.69, 9.17) is 5.73 Å². The molecule has 3 rings (SSSR count). The maximum absolute atomic E-state index is 5.88. The standard InChI is InChI=1S/C17H24N4/c1-20-10-3-2-7-16(20)8-11-21-12-9-19-17(21)14-5-4-6-15(18)13-14/h4-6,9,12-13,16H,2-3,7-8,10-11,18H2,1H3. The van der Waals surface area contributed by atoms with Gasteiger partial charge in [-0.3, -0.25) is 0 Å². The van der Waals surface area contributed by atoms with Gasteiger partial charge in [0.2, 0.25) is 0 Å². The molecule has 2 heterocycles. The van der Waals surface area contributed by atoms with Crippen LogP contribution in [0.4, 0.5) is 5.69 Å². The second-order valence-corrected chi connectivity index (χ2v) is 5.99. The topological polar surface area (TPSA) is 47.1 Å². The molecule has 1 unspecified atom stereocenters. The minimum absolute atomic E-state index is 0.704. The number of imidazole rings is 1. The minimum Gasteiger partial charge on any atom is -0.399 e. The van der Waals surface area contributed by atoms with E-state index in [0.29, 0.717) is 6.04 Å². The number of piperidine rings is 1. The highest BCUT2D eigenvalue weighted by molar-refractivity contribution is 5.61. The summed E-state index contributed by atoms with van der Waals surface area (Å²) in [5, 5.41) is 0. The normalized spacial score (nSPS) is 19.8. The van der Waals surface area contributed by atoms with Crippen LogP contribution >= 0.6 is 0 Å². The van der Waals surface area contributed by atoms with Gasteiger partial charge in [0.25, 0.3) is 0 Å². The number of likely N-dealkylation sites (tertiary alicyclic amines) is 1. The summed E-state index contributed by atoms with van der Waals surface area (Å²) < 4.78 is 2.25. The molecule has 2 aromatic rings. The molecule has 0 aliphatic carbocycles. The Hall–Kier alpha value is -1.81. The number of rotatable bonds is 4. The van der Waals surface area contributed by atoms with Gasteiger partial charge in [0, 0.05) is 36.2 Å². The van der Waals surface area contributed by atoms with Gasteiger partial charge >= 0.3 is 0 Å². The fraction of sp³-hybridized carbons (Fsp3) is 0.471. The summed E-state index contributed by atoms with van der Waals surface area (Å²) in [6, 6.07) is 8.66. The molecule has 1 aromatic heterocycles. The van der Waals surface area contributed by atoms with Crippen molar-refractivity contribution in [3.63, 3.8) is 0 Å². The van der Waals surface area contributed by atoms with Crippen LogP contribution in [0.1, 0.15) is 25.7 Å². The summed E-state index contributed by atoms with van der Waals surface area (Å²) in [7, 11) is 2.25. The van der Waals surface area contributed by atoms with Gasteiger partial charge in [0.05, 0.1) is 0 Å². The predicted octanol–water partition coefficient (Wildman–Crippen LogP) is 3.01. The van der Waals surface area contributed by atoms with Crippen molar-refractivity contribution in [1.82, 2.24) is 14.5 Å². The molecule has 0 radical (unpaired) electrons. The number of nitrogens with two attached hydrogens (primary N) is 1. The van der Waals surface area contributed by atoms with Crippen LogP contribution in [0.15, 0.2) is 36.7 Å². The first-order valence-corrected chi connectivity index (χ1v) is 7.81. The maximum atomic E-state index is 5.88. The van der Waals surface area contributed by atoms with Crippen molar-refractivity contribution in [3.8, 4) is 11.4 Å². The van der Waals surface area contributed by atoms with Crippen molar-refractivity contribution in [2.75, 3.05) is 19.3 Å². The van der Waals surface area contributed by atoms with Crippen LogP contribution in [0.2, 0.25) is 0 Å². The molecule has 1 aliphatic rings. The first-order chi connectivity index (χ1) is 10.2. The summed E-state index contributed by atoms with van der Waals surface area (Å²) in [6.07, 6.45) is 9.15. The van der Waals surface area contributed by atoms with Crippen molar-refractivity contribution in [2.24, 2.45) is 0 Å². The molecule has 2 N–H and O–H groups in total. The third-order valence-corrected chi connectivity index (χ3v) is 4.49. The molecule has 0 spiro atoms. The second kappa shape index (κ2) is 6.31. The van der Waals surface area contributed by atoms with Crippen LogP contribution in [0, 0.1) is 0 Å². The van der Waals surface area contributed by atoms with Crippen molar-refractivity contribution in [3.05, 3.63) is 36.7 Å². The van der Waals surface area contributed by atoms with Crippen LogP contribution in [0.3, 0.4) is 0 Å². The molecule has 112 valence electrons. The summed E-state index contributed by atoms with van der Waals surface area (Å²) in [6.45, 7) is 2.25. The van der Waals surface area contributed by atoms with Crippen LogP contribution in [0.25, 0.3) is 11.4 Å². The molecular weight excluding hydrogens is 260 g/mol. The fourth-order valence-electron chi connectivity index (χ4n) is 3.22. The van der Waals surface area contributed by atoms with E-state index in [9.17, 15) is 0 Å². The lowest BCUT2D eigenvalue weighted by atomic mass is 10.00. The third-order valence-electron chi connectivity index (χ3n) is 4.49. The molecule has 4 nitrogen and oxygen atoms in total. The van der Waals surface area contributed by atoms with Crippen LogP contribution in [-0.4, -0.2) is 34.1 Å². The van der Waals surface area contributed by atoms with Crippen molar-refractivity contribution >= 4 is 5.69 Å². The minimum atomic E-state index is 0.704. The number of nitrogen functional groups attached to an aromatic ring is 1. The molecule has 21 heavy (non-hydrogen) atoms. The number of anilines is 1. The molecule has 1 aromatic carbocycles. The largest absolute Gasteiger partial charge is 0.399 e. The van der Waals surface area contributed by atoms with E-state index in [1.54, 1.807) is 0 Å². The van der Waals surface area contributed by atoms with E-state index in [-0.39, 0.29) is 0 Å². The van der Waals surface area contributed by atoms with E-state index < -0.39 is 0 Å². The smallest absolute Gasteiger partial charge is 0.139 e. The summed E-state index contributed by atoms with van der Waals surface area (Å²) in [5.74, 6) is 1.01. The van der Waals surface area contributed by atoms with Crippen molar-refractivity contribution < 1.29 is 0 Å². The molecular formula is C17H24N4. The molecule has 0 saturated carbocycles. The van der Waals surface area contributed by atoms with E-state index in [2.05, 4.69) is 33.8 Å². The van der Waals surface area contributed by atoms with Gasteiger partial charge in [-0.2, -0.15) is 0 Å². The molecule has 0 amide bonds. The summed E-state index contributed by atoms with van der Waals surface area (Å²) in [5.41, 5.74) is 7.76. The highest BCUT2D eigenvalue weighted by atomic mass is 15.1. The second-order valence-electron chi connectivity index (χ2n) is 5.99. The van der Waals surface area contributed by atoms with Gasteiger partial charge in [-0.25, -0.2) is 4.98 Å². The SMILES string of the molecule is CN1CCCCC1CCn1ccnc1-c1cccc(N)c1. The third kappa shape index (κ3) is 3.27. The summed E-state index contributed by atoms with van der Waals surface area (Å²) >= 11 is 0. The first-order valence-electron chi connectivity index (χ1n) is 7.81. The highest BCUT2D eigenvalue weighted by Crippen LogP contribution is 2.22. The van der Waals surface area contributed by atoms with Gasteiger partial charge < -0.3 is 15.2 Å². The van der Waals surface area contributed by atoms with Crippen LogP contribution < -0.4 is 5.73 Å². The lowest BCUT2D eigenvalue weighted by Crippen LogP contribution is -2.36. The number of benzene rings is 1. The van der Waals surface area contributed by atoms with E-state index >= 15 is 0 Å². The first kappa shape index (κ1) is 14.1. The number of aryl methyl sites for hydroxylation is 1. The van der Waals surface area contributed by atoms with Gasteiger partial charge in [-0.15, -0.1) is 0 Å². The highest BCUT2D eigenvalue weighted by Gasteiger charge is 2.19. The zero-order valence-corrected chi connectivity index (χ0v) is 12.7. The number of hydrogen-bond donors (Lipinski definition) is 1. The van der Waals surface area contributed by atoms with Crippen LogP contribution in [-0.2, 0) is 6.54 Å². The lowest BCUT2D eigenvalue weighted by molar-refractivity contribution is 0.171. The molecule has 1 saturated heterocycles. The number of hydrogen-bond acceptors (Lipinski definition) is 3. The quantitative estimate of drug-likeness (QED) is 0.878. The average Bonchev–Trinajstić information content (AvgIpc) is 2.95. The Kier molecular flexibility index (Phi) is 4.25. The fourth-order valence-corrected chi connectivity index (χ4v) is 3.22.